The summed E-state index contributed by atoms with van der Waals surface area (Å²) in [6.07, 6.45) is 19.4. The summed E-state index contributed by atoms with van der Waals surface area (Å²) in [5, 5.41) is 8.96. The molecule has 41 heavy (non-hydrogen) atoms. The molecule has 0 amide bonds. The Balaban J connectivity index is 1.13. The van der Waals surface area contributed by atoms with E-state index in [9.17, 15) is 0 Å². The van der Waals surface area contributed by atoms with Crippen LogP contribution in [-0.4, -0.2) is 9.55 Å². The van der Waals surface area contributed by atoms with E-state index in [1.54, 1.807) is 0 Å². The Morgan fingerprint density at radius 3 is 1.71 bits per heavy atom. The maximum Gasteiger partial charge on any atom is 0.204 e. The van der Waals surface area contributed by atoms with E-state index < -0.39 is 0 Å². The van der Waals surface area contributed by atoms with Crippen molar-refractivity contribution in [2.45, 2.75) is 110 Å². The number of aryl methyl sites for hydroxylation is 1. The minimum Gasteiger partial charge on any atom is -0.352 e. The summed E-state index contributed by atoms with van der Waals surface area (Å²) in [6.45, 7) is 4.06. The number of imidazole rings is 1. The summed E-state index contributed by atoms with van der Waals surface area (Å²) in [7, 11) is 0. The normalized spacial score (nSPS) is 11.6. The standard InChI is InChI=1S/C38H49N3/c1-2-3-4-5-6-7-8-9-10-11-12-13-14-21-28-41-37-27-20-19-26-36(37)40-38(41)39-30-35-33-24-17-15-22-31(33)29-32-23-16-18-25-34(32)35/h15-20,22-27,29H,2-14,21,28,30H2,1H3,(H,39,40). The van der Waals surface area contributed by atoms with Crippen LogP contribution in [0.5, 0.6) is 0 Å². The summed E-state index contributed by atoms with van der Waals surface area (Å²) in [5.41, 5.74) is 3.64. The molecular weight excluding hydrogens is 498 g/mol. The van der Waals surface area contributed by atoms with Crippen molar-refractivity contribution < 1.29 is 0 Å². The predicted molar refractivity (Wildman–Crippen MR) is 179 cm³/mol. The lowest BCUT2D eigenvalue weighted by molar-refractivity contribution is 0.526. The van der Waals surface area contributed by atoms with Crippen LogP contribution in [-0.2, 0) is 13.1 Å². The van der Waals surface area contributed by atoms with Gasteiger partial charge in [0.15, 0.2) is 0 Å². The van der Waals surface area contributed by atoms with Crippen LogP contribution < -0.4 is 5.32 Å². The van der Waals surface area contributed by atoms with Crippen LogP contribution in [0.3, 0.4) is 0 Å². The molecule has 1 N–H and O–H groups in total. The van der Waals surface area contributed by atoms with Crippen molar-refractivity contribution in [2.24, 2.45) is 0 Å². The van der Waals surface area contributed by atoms with Gasteiger partial charge in [0.25, 0.3) is 0 Å². The first-order valence-corrected chi connectivity index (χ1v) is 16.4. The van der Waals surface area contributed by atoms with E-state index in [4.69, 9.17) is 4.98 Å². The predicted octanol–water partition coefficient (Wildman–Crippen LogP) is 11.4. The molecule has 0 saturated heterocycles. The molecule has 3 nitrogen and oxygen atoms in total. The summed E-state index contributed by atoms with van der Waals surface area (Å²) in [4.78, 5) is 5.02. The van der Waals surface area contributed by atoms with Gasteiger partial charge in [0, 0.05) is 13.1 Å². The van der Waals surface area contributed by atoms with Crippen molar-refractivity contribution in [1.29, 1.82) is 0 Å². The van der Waals surface area contributed by atoms with Crippen molar-refractivity contribution in [3.05, 3.63) is 84.4 Å². The molecule has 0 aliphatic heterocycles. The highest BCUT2D eigenvalue weighted by Crippen LogP contribution is 2.30. The van der Waals surface area contributed by atoms with E-state index in [-0.39, 0.29) is 0 Å². The van der Waals surface area contributed by atoms with Gasteiger partial charge in [-0.15, -0.1) is 0 Å². The van der Waals surface area contributed by atoms with Gasteiger partial charge in [-0.1, -0.05) is 151 Å². The molecular formula is C38H49N3. The van der Waals surface area contributed by atoms with Crippen LogP contribution in [0.1, 0.15) is 102 Å². The molecule has 0 fully saturated rings. The minimum absolute atomic E-state index is 0.754. The molecule has 4 aromatic carbocycles. The molecule has 0 aliphatic rings. The third-order valence-corrected chi connectivity index (χ3v) is 8.70. The van der Waals surface area contributed by atoms with Crippen LogP contribution in [0, 0.1) is 0 Å². The number of hydrogen-bond donors (Lipinski definition) is 1. The first-order chi connectivity index (χ1) is 20.3. The van der Waals surface area contributed by atoms with Crippen molar-refractivity contribution in [3.8, 4) is 0 Å². The number of rotatable bonds is 18. The molecule has 0 atom stereocenters. The maximum atomic E-state index is 5.02. The number of aromatic nitrogens is 2. The highest BCUT2D eigenvalue weighted by Gasteiger charge is 2.12. The summed E-state index contributed by atoms with van der Waals surface area (Å²) < 4.78 is 2.41. The number of para-hydroxylation sites is 2. The number of anilines is 1. The Kier molecular flexibility index (Phi) is 11.1. The van der Waals surface area contributed by atoms with E-state index in [1.165, 1.54) is 123 Å². The fourth-order valence-corrected chi connectivity index (χ4v) is 6.37. The van der Waals surface area contributed by atoms with Gasteiger partial charge in [0.2, 0.25) is 5.95 Å². The lowest BCUT2D eigenvalue weighted by Crippen LogP contribution is -2.09. The Morgan fingerprint density at radius 1 is 0.585 bits per heavy atom. The quantitative estimate of drug-likeness (QED) is 0.0873. The molecule has 5 aromatic rings. The topological polar surface area (TPSA) is 29.9 Å². The van der Waals surface area contributed by atoms with Gasteiger partial charge in [0.05, 0.1) is 11.0 Å². The fraction of sp³-hybridized carbons (Fsp3) is 0.447. The lowest BCUT2D eigenvalue weighted by Gasteiger charge is -2.14. The number of nitrogens with zero attached hydrogens (tertiary/aromatic N) is 2. The van der Waals surface area contributed by atoms with Crippen LogP contribution in [0.2, 0.25) is 0 Å². The summed E-state index contributed by atoms with van der Waals surface area (Å²) >= 11 is 0. The molecule has 5 rings (SSSR count). The van der Waals surface area contributed by atoms with Gasteiger partial charge in [0.1, 0.15) is 0 Å². The Hall–Kier alpha value is -3.33. The second-order valence-corrected chi connectivity index (χ2v) is 11.8. The lowest BCUT2D eigenvalue weighted by atomic mass is 9.97. The third-order valence-electron chi connectivity index (χ3n) is 8.70. The Morgan fingerprint density at radius 2 is 1.10 bits per heavy atom. The maximum absolute atomic E-state index is 5.02. The number of hydrogen-bond acceptors (Lipinski definition) is 2. The zero-order valence-electron chi connectivity index (χ0n) is 25.2. The van der Waals surface area contributed by atoms with E-state index in [2.05, 4.69) is 95.7 Å². The van der Waals surface area contributed by atoms with Gasteiger partial charge < -0.3 is 9.88 Å². The molecule has 1 heterocycles. The van der Waals surface area contributed by atoms with Crippen molar-refractivity contribution in [1.82, 2.24) is 9.55 Å². The number of fused-ring (bicyclic) bond motifs is 3. The van der Waals surface area contributed by atoms with Crippen LogP contribution in [0.15, 0.2) is 78.9 Å². The molecule has 3 heteroatoms. The molecule has 0 aliphatic carbocycles. The zero-order chi connectivity index (χ0) is 28.1. The molecule has 1 aromatic heterocycles. The summed E-state index contributed by atoms with van der Waals surface area (Å²) in [6, 6.07) is 28.4. The third kappa shape index (κ3) is 7.91. The molecule has 0 spiro atoms. The first kappa shape index (κ1) is 29.2. The zero-order valence-corrected chi connectivity index (χ0v) is 25.2. The number of unbranched alkanes of at least 4 members (excludes halogenated alkanes) is 13. The van der Waals surface area contributed by atoms with Gasteiger partial charge in [-0.2, -0.15) is 0 Å². The Labute approximate surface area is 247 Å². The van der Waals surface area contributed by atoms with Crippen LogP contribution in [0.4, 0.5) is 5.95 Å². The van der Waals surface area contributed by atoms with Gasteiger partial charge >= 0.3 is 0 Å². The molecule has 0 unspecified atom stereocenters. The van der Waals surface area contributed by atoms with Crippen molar-refractivity contribution in [3.63, 3.8) is 0 Å². The van der Waals surface area contributed by atoms with Gasteiger partial charge in [-0.25, -0.2) is 4.98 Å². The average Bonchev–Trinajstić information content (AvgIpc) is 3.36. The fourth-order valence-electron chi connectivity index (χ4n) is 6.37. The molecule has 0 radical (unpaired) electrons. The molecule has 0 saturated carbocycles. The van der Waals surface area contributed by atoms with E-state index in [1.807, 2.05) is 0 Å². The largest absolute Gasteiger partial charge is 0.352 e. The summed E-state index contributed by atoms with van der Waals surface area (Å²) in [5.74, 6) is 0.984. The monoisotopic (exact) mass is 547 g/mol. The highest BCUT2D eigenvalue weighted by molar-refractivity contribution is 6.02. The van der Waals surface area contributed by atoms with Crippen LogP contribution >= 0.6 is 0 Å². The van der Waals surface area contributed by atoms with E-state index in [0.29, 0.717) is 0 Å². The van der Waals surface area contributed by atoms with E-state index in [0.717, 1.165) is 24.6 Å². The van der Waals surface area contributed by atoms with Gasteiger partial charge in [-0.05, 0) is 51.7 Å². The van der Waals surface area contributed by atoms with Crippen LogP contribution in [0.25, 0.3) is 32.6 Å². The SMILES string of the molecule is CCCCCCCCCCCCCCCCn1c(NCc2c3ccccc3cc3ccccc23)nc2ccccc21. The average molecular weight is 548 g/mol. The highest BCUT2D eigenvalue weighted by atomic mass is 15.2. The van der Waals surface area contributed by atoms with Gasteiger partial charge in [-0.3, -0.25) is 0 Å². The first-order valence-electron chi connectivity index (χ1n) is 16.4. The van der Waals surface area contributed by atoms with E-state index >= 15 is 0 Å². The van der Waals surface area contributed by atoms with Crippen molar-refractivity contribution >= 4 is 38.5 Å². The second-order valence-electron chi connectivity index (χ2n) is 11.8. The van der Waals surface area contributed by atoms with Crippen molar-refractivity contribution in [2.75, 3.05) is 5.32 Å². The minimum atomic E-state index is 0.754. The Bertz CT molecular complexity index is 1440. The number of nitrogens with one attached hydrogen (secondary N) is 1. The smallest absolute Gasteiger partial charge is 0.204 e. The second kappa shape index (κ2) is 15.6. The molecule has 0 bridgehead atoms. The number of benzene rings is 4. The molecule has 216 valence electrons.